The van der Waals surface area contributed by atoms with Crippen molar-refractivity contribution in [3.8, 4) is 0 Å². The topological polar surface area (TPSA) is 47.9 Å². The largest absolute Gasteiger partial charge is 0.357 e. The minimum Gasteiger partial charge on any atom is -0.357 e. The van der Waals surface area contributed by atoms with Crippen LogP contribution in [0.5, 0.6) is 0 Å². The SMILES string of the molecule is CCNC(=NCC1(c2ccc(F)cc2)CCC1)N1CCN(C(C)=O)CC1. The molecule has 1 amide bonds. The lowest BCUT2D eigenvalue weighted by Crippen LogP contribution is -2.53. The first-order chi connectivity index (χ1) is 12.5. The summed E-state index contributed by atoms with van der Waals surface area (Å²) in [6.07, 6.45) is 3.39. The molecule has 26 heavy (non-hydrogen) atoms. The van der Waals surface area contributed by atoms with Crippen molar-refractivity contribution in [3.63, 3.8) is 0 Å². The number of piperazine rings is 1. The maximum absolute atomic E-state index is 13.3. The van der Waals surface area contributed by atoms with Gasteiger partial charge in [-0.25, -0.2) is 4.39 Å². The monoisotopic (exact) mass is 360 g/mol. The number of aliphatic imine (C=N–C) groups is 1. The molecule has 1 N–H and O–H groups in total. The number of guanidine groups is 1. The fourth-order valence-electron chi connectivity index (χ4n) is 3.83. The first kappa shape index (κ1) is 18.7. The van der Waals surface area contributed by atoms with Crippen molar-refractivity contribution < 1.29 is 9.18 Å². The Morgan fingerprint density at radius 1 is 1.15 bits per heavy atom. The molecular weight excluding hydrogens is 331 g/mol. The summed E-state index contributed by atoms with van der Waals surface area (Å²) in [6, 6.07) is 6.90. The average molecular weight is 360 g/mol. The van der Waals surface area contributed by atoms with Crippen molar-refractivity contribution in [3.05, 3.63) is 35.6 Å². The van der Waals surface area contributed by atoms with E-state index in [4.69, 9.17) is 4.99 Å². The van der Waals surface area contributed by atoms with Crippen LogP contribution < -0.4 is 5.32 Å². The van der Waals surface area contributed by atoms with Crippen LogP contribution in [0.1, 0.15) is 38.7 Å². The van der Waals surface area contributed by atoms with Gasteiger partial charge in [-0.2, -0.15) is 0 Å². The molecular formula is C20H29FN4O. The molecule has 142 valence electrons. The molecule has 1 saturated heterocycles. The van der Waals surface area contributed by atoms with Gasteiger partial charge in [-0.05, 0) is 37.5 Å². The van der Waals surface area contributed by atoms with Crippen LogP contribution in [0.15, 0.2) is 29.3 Å². The fourth-order valence-corrected chi connectivity index (χ4v) is 3.83. The Bertz CT molecular complexity index is 646. The van der Waals surface area contributed by atoms with E-state index in [1.165, 1.54) is 12.0 Å². The highest BCUT2D eigenvalue weighted by Gasteiger charge is 2.38. The van der Waals surface area contributed by atoms with Gasteiger partial charge in [0.1, 0.15) is 5.82 Å². The van der Waals surface area contributed by atoms with Crippen molar-refractivity contribution in [2.45, 2.75) is 38.5 Å². The molecule has 0 radical (unpaired) electrons. The van der Waals surface area contributed by atoms with Gasteiger partial charge in [0.05, 0.1) is 6.54 Å². The number of nitrogens with one attached hydrogen (secondary N) is 1. The van der Waals surface area contributed by atoms with Crippen LogP contribution in [0.4, 0.5) is 4.39 Å². The molecule has 0 bridgehead atoms. The van der Waals surface area contributed by atoms with E-state index in [-0.39, 0.29) is 17.1 Å². The highest BCUT2D eigenvalue weighted by atomic mass is 19.1. The summed E-state index contributed by atoms with van der Waals surface area (Å²) in [5, 5.41) is 3.39. The summed E-state index contributed by atoms with van der Waals surface area (Å²) in [6.45, 7) is 8.30. The van der Waals surface area contributed by atoms with Crippen molar-refractivity contribution >= 4 is 11.9 Å². The molecule has 1 aliphatic carbocycles. The van der Waals surface area contributed by atoms with Gasteiger partial charge in [0, 0.05) is 45.1 Å². The first-order valence-electron chi connectivity index (χ1n) is 9.59. The number of amides is 1. The standard InChI is InChI=1S/C20H29FN4O/c1-3-22-19(25-13-11-24(12-14-25)16(2)26)23-15-20(9-4-10-20)17-5-7-18(21)8-6-17/h5-8H,3-4,9-15H2,1-2H3,(H,22,23). The summed E-state index contributed by atoms with van der Waals surface area (Å²) in [7, 11) is 0. The third-order valence-corrected chi connectivity index (χ3v) is 5.66. The highest BCUT2D eigenvalue weighted by molar-refractivity contribution is 5.80. The summed E-state index contributed by atoms with van der Waals surface area (Å²) >= 11 is 0. The third-order valence-electron chi connectivity index (χ3n) is 5.66. The van der Waals surface area contributed by atoms with Gasteiger partial charge in [0.2, 0.25) is 5.91 Å². The van der Waals surface area contributed by atoms with E-state index in [0.717, 1.165) is 51.5 Å². The van der Waals surface area contributed by atoms with E-state index in [2.05, 4.69) is 17.1 Å². The van der Waals surface area contributed by atoms with E-state index in [1.54, 1.807) is 19.1 Å². The molecule has 0 unspecified atom stereocenters. The Labute approximate surface area is 155 Å². The Balaban J connectivity index is 1.70. The lowest BCUT2D eigenvalue weighted by molar-refractivity contribution is -0.130. The lowest BCUT2D eigenvalue weighted by atomic mass is 9.64. The highest BCUT2D eigenvalue weighted by Crippen LogP contribution is 2.44. The molecule has 2 fully saturated rings. The van der Waals surface area contributed by atoms with Crippen molar-refractivity contribution in [2.75, 3.05) is 39.3 Å². The number of halogens is 1. The number of hydrogen-bond donors (Lipinski definition) is 1. The van der Waals surface area contributed by atoms with Gasteiger partial charge < -0.3 is 15.1 Å². The van der Waals surface area contributed by atoms with Gasteiger partial charge in [0.15, 0.2) is 5.96 Å². The molecule has 0 aromatic heterocycles. The second-order valence-electron chi connectivity index (χ2n) is 7.30. The van der Waals surface area contributed by atoms with E-state index in [1.807, 2.05) is 17.0 Å². The molecule has 1 heterocycles. The summed E-state index contributed by atoms with van der Waals surface area (Å²) in [5.41, 5.74) is 1.22. The predicted octanol–water partition coefficient (Wildman–Crippen LogP) is 2.38. The Morgan fingerprint density at radius 3 is 2.27 bits per heavy atom. The number of hydrogen-bond acceptors (Lipinski definition) is 2. The second kappa shape index (κ2) is 8.06. The van der Waals surface area contributed by atoms with Crippen LogP contribution in [-0.2, 0) is 10.2 Å². The minimum atomic E-state index is -0.191. The maximum Gasteiger partial charge on any atom is 0.219 e. The molecule has 0 spiro atoms. The molecule has 1 saturated carbocycles. The van der Waals surface area contributed by atoms with Gasteiger partial charge in [0.25, 0.3) is 0 Å². The number of nitrogens with zero attached hydrogens (tertiary/aromatic N) is 3. The van der Waals surface area contributed by atoms with Gasteiger partial charge >= 0.3 is 0 Å². The molecule has 2 aliphatic rings. The summed E-state index contributed by atoms with van der Waals surface area (Å²) in [4.78, 5) is 20.6. The van der Waals surface area contributed by atoms with E-state index < -0.39 is 0 Å². The van der Waals surface area contributed by atoms with Crippen LogP contribution in [0.2, 0.25) is 0 Å². The molecule has 0 atom stereocenters. The number of rotatable bonds is 4. The fraction of sp³-hybridized carbons (Fsp3) is 0.600. The van der Waals surface area contributed by atoms with Gasteiger partial charge in [-0.1, -0.05) is 18.6 Å². The number of benzene rings is 1. The van der Waals surface area contributed by atoms with Crippen LogP contribution in [0.25, 0.3) is 0 Å². The Kier molecular flexibility index (Phi) is 5.79. The second-order valence-corrected chi connectivity index (χ2v) is 7.30. The first-order valence-corrected chi connectivity index (χ1v) is 9.59. The molecule has 1 aromatic carbocycles. The minimum absolute atomic E-state index is 0.0373. The van der Waals surface area contributed by atoms with E-state index in [9.17, 15) is 9.18 Å². The van der Waals surface area contributed by atoms with E-state index in [0.29, 0.717) is 6.54 Å². The number of carbonyl (C=O) groups excluding carboxylic acids is 1. The molecule has 5 nitrogen and oxygen atoms in total. The summed E-state index contributed by atoms with van der Waals surface area (Å²) < 4.78 is 13.3. The van der Waals surface area contributed by atoms with Crippen molar-refractivity contribution in [1.29, 1.82) is 0 Å². The normalized spacial score (nSPS) is 19.9. The maximum atomic E-state index is 13.3. The quantitative estimate of drug-likeness (QED) is 0.662. The molecule has 1 aromatic rings. The van der Waals surface area contributed by atoms with Crippen molar-refractivity contribution in [2.24, 2.45) is 4.99 Å². The van der Waals surface area contributed by atoms with Crippen LogP contribution >= 0.6 is 0 Å². The van der Waals surface area contributed by atoms with Crippen LogP contribution in [0.3, 0.4) is 0 Å². The zero-order chi connectivity index (χ0) is 18.6. The van der Waals surface area contributed by atoms with Crippen molar-refractivity contribution in [1.82, 2.24) is 15.1 Å². The average Bonchev–Trinajstić information content (AvgIpc) is 2.61. The predicted molar refractivity (Wildman–Crippen MR) is 102 cm³/mol. The Morgan fingerprint density at radius 2 is 1.77 bits per heavy atom. The third kappa shape index (κ3) is 4.00. The smallest absolute Gasteiger partial charge is 0.219 e. The zero-order valence-corrected chi connectivity index (χ0v) is 15.8. The zero-order valence-electron chi connectivity index (χ0n) is 15.8. The van der Waals surface area contributed by atoms with Crippen LogP contribution in [-0.4, -0.2) is 60.9 Å². The molecule has 1 aliphatic heterocycles. The number of carbonyl (C=O) groups is 1. The van der Waals surface area contributed by atoms with Crippen LogP contribution in [0, 0.1) is 5.82 Å². The van der Waals surface area contributed by atoms with Gasteiger partial charge in [-0.15, -0.1) is 0 Å². The van der Waals surface area contributed by atoms with E-state index >= 15 is 0 Å². The van der Waals surface area contributed by atoms with Gasteiger partial charge in [-0.3, -0.25) is 9.79 Å². The Hall–Kier alpha value is -2.11. The summed E-state index contributed by atoms with van der Waals surface area (Å²) in [5.74, 6) is 0.865. The molecule has 3 rings (SSSR count). The molecule has 6 heteroatoms. The lowest BCUT2D eigenvalue weighted by Gasteiger charge is -2.42.